The van der Waals surface area contributed by atoms with Gasteiger partial charge in [-0.05, 0) is 39.0 Å². The van der Waals surface area contributed by atoms with Gasteiger partial charge in [0.05, 0.1) is 54.6 Å². The fourth-order valence-electron chi connectivity index (χ4n) is 3.90. The molecular formula is C26H32N8O3. The van der Waals surface area contributed by atoms with Crippen molar-refractivity contribution >= 4 is 17.5 Å². The number of hydrogen-bond donors (Lipinski definition) is 4. The lowest BCUT2D eigenvalue weighted by molar-refractivity contribution is 0.122. The highest BCUT2D eigenvalue weighted by atomic mass is 16.5. The molecule has 37 heavy (non-hydrogen) atoms. The number of pyridine rings is 2. The molecular weight excluding hydrogens is 472 g/mol. The Bertz CT molecular complexity index is 1270. The van der Waals surface area contributed by atoms with E-state index in [1.165, 1.54) is 0 Å². The van der Waals surface area contributed by atoms with Crippen molar-refractivity contribution in [2.75, 3.05) is 55.0 Å². The van der Waals surface area contributed by atoms with Gasteiger partial charge < -0.3 is 30.5 Å². The number of hydrogen-bond acceptors (Lipinski definition) is 11. The lowest BCUT2D eigenvalue weighted by Crippen LogP contribution is -2.37. The third-order valence-electron chi connectivity index (χ3n) is 6.13. The van der Waals surface area contributed by atoms with E-state index in [0.717, 1.165) is 30.2 Å². The van der Waals surface area contributed by atoms with Crippen LogP contribution in [0, 0.1) is 18.3 Å². The maximum Gasteiger partial charge on any atom is 0.225 e. The summed E-state index contributed by atoms with van der Waals surface area (Å²) >= 11 is 0. The van der Waals surface area contributed by atoms with Crippen molar-refractivity contribution in [3.8, 4) is 17.3 Å². The molecule has 1 atom stereocenters. The summed E-state index contributed by atoms with van der Waals surface area (Å²) in [7, 11) is 0. The summed E-state index contributed by atoms with van der Waals surface area (Å²) in [4.78, 5) is 20.2. The van der Waals surface area contributed by atoms with E-state index >= 15 is 0 Å². The minimum atomic E-state index is -1.04. The number of ether oxygens (including phenoxy) is 1. The Labute approximate surface area is 216 Å². The lowest BCUT2D eigenvalue weighted by atomic mass is 9.90. The molecule has 1 aliphatic heterocycles. The number of rotatable bonds is 9. The molecule has 4 N–H and O–H groups in total. The molecule has 194 valence electrons. The molecule has 0 amide bonds. The molecule has 1 unspecified atom stereocenters. The molecule has 1 saturated heterocycles. The highest BCUT2D eigenvalue weighted by molar-refractivity contribution is 5.70. The Morgan fingerprint density at radius 1 is 1.19 bits per heavy atom. The van der Waals surface area contributed by atoms with Crippen LogP contribution in [0.4, 0.5) is 17.5 Å². The third kappa shape index (κ3) is 6.29. The van der Waals surface area contributed by atoms with Crippen molar-refractivity contribution in [2.24, 2.45) is 0 Å². The van der Waals surface area contributed by atoms with E-state index in [9.17, 15) is 15.5 Å². The third-order valence-corrected chi connectivity index (χ3v) is 6.13. The number of anilines is 3. The first-order valence-electron chi connectivity index (χ1n) is 12.2. The van der Waals surface area contributed by atoms with Crippen LogP contribution in [0.2, 0.25) is 0 Å². The second-order valence-electron chi connectivity index (χ2n) is 9.30. The van der Waals surface area contributed by atoms with Crippen LogP contribution in [-0.2, 0) is 10.2 Å². The summed E-state index contributed by atoms with van der Waals surface area (Å²) < 4.78 is 5.48. The summed E-state index contributed by atoms with van der Waals surface area (Å²) in [5.74, 6) is 1.17. The van der Waals surface area contributed by atoms with E-state index in [1.807, 2.05) is 19.1 Å². The maximum atomic E-state index is 10.9. The summed E-state index contributed by atoms with van der Waals surface area (Å²) in [6, 6.07) is 9.46. The average Bonchev–Trinajstić information content (AvgIpc) is 2.93. The molecule has 0 bridgehead atoms. The largest absolute Gasteiger partial charge is 0.395 e. The highest BCUT2D eigenvalue weighted by Crippen LogP contribution is 2.29. The topological polar surface area (TPSA) is 152 Å². The molecule has 4 rings (SSSR count). The molecule has 0 radical (unpaired) electrons. The van der Waals surface area contributed by atoms with Crippen LogP contribution in [0.25, 0.3) is 11.3 Å². The van der Waals surface area contributed by atoms with Gasteiger partial charge in [0.25, 0.3) is 0 Å². The molecule has 0 aliphatic carbocycles. The number of aromatic nitrogens is 4. The first kappa shape index (κ1) is 26.2. The van der Waals surface area contributed by atoms with Crippen LogP contribution in [0.1, 0.15) is 37.0 Å². The van der Waals surface area contributed by atoms with E-state index in [4.69, 9.17) is 4.74 Å². The smallest absolute Gasteiger partial charge is 0.225 e. The normalized spacial score (nSPS) is 14.6. The van der Waals surface area contributed by atoms with E-state index in [-0.39, 0.29) is 6.61 Å². The molecule has 11 heteroatoms. The van der Waals surface area contributed by atoms with Crippen molar-refractivity contribution in [1.82, 2.24) is 19.9 Å². The molecule has 0 aromatic carbocycles. The molecule has 4 heterocycles. The molecule has 3 aromatic heterocycles. The minimum Gasteiger partial charge on any atom is -0.395 e. The van der Waals surface area contributed by atoms with Gasteiger partial charge in [0.2, 0.25) is 5.95 Å². The zero-order chi connectivity index (χ0) is 26.4. The van der Waals surface area contributed by atoms with E-state index in [2.05, 4.69) is 41.5 Å². The van der Waals surface area contributed by atoms with Crippen LogP contribution in [-0.4, -0.2) is 69.6 Å². The van der Waals surface area contributed by atoms with Gasteiger partial charge in [-0.3, -0.25) is 9.97 Å². The first-order valence-corrected chi connectivity index (χ1v) is 12.2. The standard InChI is InChI=1S/C26H32N8O3/c1-17-20(21-14-23(34-7-10-37-11-8-34)33-25(32-21)29-6-9-35)13-19(15-30-17)31-24(36)18-4-5-28-22(12-18)26(2,3)16-27/h4-5,12-15,24,31,35-36H,6-11H2,1-3H3,(H,29,32,33). The predicted molar refractivity (Wildman–Crippen MR) is 140 cm³/mol. The summed E-state index contributed by atoms with van der Waals surface area (Å²) in [5.41, 5.74) is 3.20. The molecule has 1 aliphatic rings. The van der Waals surface area contributed by atoms with Crippen LogP contribution in [0.15, 0.2) is 36.7 Å². The van der Waals surface area contributed by atoms with Gasteiger partial charge in [-0.25, -0.2) is 4.98 Å². The number of morpholine rings is 1. The Morgan fingerprint density at radius 2 is 1.97 bits per heavy atom. The zero-order valence-corrected chi connectivity index (χ0v) is 21.3. The minimum absolute atomic E-state index is 0.0410. The van der Waals surface area contributed by atoms with Crippen LogP contribution in [0.3, 0.4) is 0 Å². The van der Waals surface area contributed by atoms with Crippen molar-refractivity contribution in [3.63, 3.8) is 0 Å². The Hall–Kier alpha value is -3.85. The quantitative estimate of drug-likeness (QED) is 0.318. The number of nitrogens with zero attached hydrogens (tertiary/aromatic N) is 6. The van der Waals surface area contributed by atoms with Gasteiger partial charge in [0.1, 0.15) is 5.82 Å². The Balaban J connectivity index is 1.63. The summed E-state index contributed by atoms with van der Waals surface area (Å²) in [6.07, 6.45) is 2.20. The van der Waals surface area contributed by atoms with Gasteiger partial charge in [-0.2, -0.15) is 10.2 Å². The van der Waals surface area contributed by atoms with Crippen LogP contribution < -0.4 is 15.5 Å². The number of nitrogens with one attached hydrogen (secondary N) is 2. The SMILES string of the molecule is Cc1ncc(NC(O)c2ccnc(C(C)(C)C#N)c2)cc1-c1cc(N2CCOCC2)nc(NCCO)n1. The van der Waals surface area contributed by atoms with E-state index in [1.54, 1.807) is 38.4 Å². The molecule has 11 nitrogen and oxygen atoms in total. The van der Waals surface area contributed by atoms with Gasteiger partial charge in [-0.15, -0.1) is 0 Å². The molecule has 3 aromatic rings. The maximum absolute atomic E-state index is 10.9. The molecule has 1 fully saturated rings. The summed E-state index contributed by atoms with van der Waals surface area (Å²) in [5, 5.41) is 35.7. The summed E-state index contributed by atoms with van der Waals surface area (Å²) in [6.45, 7) is 8.43. The van der Waals surface area contributed by atoms with Gasteiger partial charge in [0.15, 0.2) is 6.23 Å². The first-order chi connectivity index (χ1) is 17.8. The number of aliphatic hydroxyl groups is 2. The van der Waals surface area contributed by atoms with Gasteiger partial charge >= 0.3 is 0 Å². The highest BCUT2D eigenvalue weighted by Gasteiger charge is 2.23. The van der Waals surface area contributed by atoms with E-state index < -0.39 is 11.6 Å². The Morgan fingerprint density at radius 3 is 2.70 bits per heavy atom. The van der Waals surface area contributed by atoms with Crippen molar-refractivity contribution in [1.29, 1.82) is 5.26 Å². The van der Waals surface area contributed by atoms with Crippen LogP contribution >= 0.6 is 0 Å². The van der Waals surface area contributed by atoms with Crippen molar-refractivity contribution in [2.45, 2.75) is 32.4 Å². The van der Waals surface area contributed by atoms with Gasteiger partial charge in [0, 0.05) is 48.7 Å². The fourth-order valence-corrected chi connectivity index (χ4v) is 3.90. The monoisotopic (exact) mass is 504 g/mol. The van der Waals surface area contributed by atoms with E-state index in [0.29, 0.717) is 48.3 Å². The second kappa shape index (κ2) is 11.5. The number of nitriles is 1. The second-order valence-corrected chi connectivity index (χ2v) is 9.30. The number of aryl methyl sites for hydroxylation is 1. The van der Waals surface area contributed by atoms with Crippen molar-refractivity contribution in [3.05, 3.63) is 53.6 Å². The van der Waals surface area contributed by atoms with Gasteiger partial charge in [-0.1, -0.05) is 0 Å². The van der Waals surface area contributed by atoms with Crippen LogP contribution in [0.5, 0.6) is 0 Å². The molecule has 0 spiro atoms. The fraction of sp³-hybridized carbons (Fsp3) is 0.423. The van der Waals surface area contributed by atoms with Crippen molar-refractivity contribution < 1.29 is 14.9 Å². The lowest BCUT2D eigenvalue weighted by Gasteiger charge is -2.28. The Kier molecular flexibility index (Phi) is 8.13. The zero-order valence-electron chi connectivity index (χ0n) is 21.3. The average molecular weight is 505 g/mol. The predicted octanol–water partition coefficient (Wildman–Crippen LogP) is 2.39. The molecule has 0 saturated carbocycles. The number of aliphatic hydroxyl groups excluding tert-OH is 2.